The van der Waals surface area contributed by atoms with Crippen molar-refractivity contribution >= 4 is 22.6 Å². The molecule has 1 heterocycles. The first-order chi connectivity index (χ1) is 5.16. The number of aliphatic hydroxyl groups is 3. The minimum Gasteiger partial charge on any atom is -0.394 e. The normalized spacial score (nSPS) is 45.8. The van der Waals surface area contributed by atoms with Gasteiger partial charge in [-0.2, -0.15) is 0 Å². The third-order valence-corrected chi connectivity index (χ3v) is 3.28. The van der Waals surface area contributed by atoms with E-state index in [-0.39, 0.29) is 23.2 Å². The molecule has 0 aromatic carbocycles. The van der Waals surface area contributed by atoms with Crippen LogP contribution in [0.1, 0.15) is 0 Å². The number of hydrogen-bond acceptors (Lipinski definition) is 4. The highest BCUT2D eigenvalue weighted by molar-refractivity contribution is 14.1. The summed E-state index contributed by atoms with van der Waals surface area (Å²) in [7, 11) is 0. The van der Waals surface area contributed by atoms with Crippen LogP contribution in [-0.4, -0.2) is 50.8 Å². The molecule has 0 saturated carbocycles. The molecule has 1 fully saturated rings. The molecule has 0 spiro atoms. The quantitative estimate of drug-likeness (QED) is 0.419. The monoisotopic (exact) mass is 274 g/mol. The Balaban J connectivity index is 2.52. The maximum absolute atomic E-state index is 9.30. The number of aliphatic hydroxyl groups excluding tert-OH is 3. The van der Waals surface area contributed by atoms with Crippen molar-refractivity contribution in [3.05, 3.63) is 0 Å². The van der Waals surface area contributed by atoms with Gasteiger partial charge in [0.15, 0.2) is 0 Å². The predicted molar refractivity (Wildman–Crippen MR) is 46.6 cm³/mol. The van der Waals surface area contributed by atoms with Gasteiger partial charge in [-0.05, 0) is 0 Å². The highest BCUT2D eigenvalue weighted by Crippen LogP contribution is 2.22. The first-order valence-corrected chi connectivity index (χ1v) is 4.64. The van der Waals surface area contributed by atoms with Crippen LogP contribution in [0, 0.1) is 0 Å². The van der Waals surface area contributed by atoms with Crippen LogP contribution in [0.5, 0.6) is 0 Å². The molecule has 3 N–H and O–H groups in total. The van der Waals surface area contributed by atoms with Crippen molar-refractivity contribution in [1.82, 2.24) is 0 Å². The zero-order valence-electron chi connectivity index (χ0n) is 5.85. The Hall–Kier alpha value is 0.570. The second-order valence-corrected chi connectivity index (χ2v) is 4.00. The van der Waals surface area contributed by atoms with Gasteiger partial charge in [0.2, 0.25) is 0 Å². The zero-order chi connectivity index (χ0) is 8.43. The minimum atomic E-state index is -0.820. The molecule has 1 aliphatic rings. The summed E-state index contributed by atoms with van der Waals surface area (Å²) < 4.78 is 4.82. The second kappa shape index (κ2) is 3.99. The highest BCUT2D eigenvalue weighted by Gasteiger charge is 2.36. The summed E-state index contributed by atoms with van der Waals surface area (Å²) in [6.07, 6.45) is -1.96. The van der Waals surface area contributed by atoms with E-state index >= 15 is 0 Å². The average Bonchev–Trinajstić information content (AvgIpc) is 2.01. The molecule has 0 unspecified atom stereocenters. The van der Waals surface area contributed by atoms with Crippen molar-refractivity contribution in [3.8, 4) is 0 Å². The largest absolute Gasteiger partial charge is 0.394 e. The van der Waals surface area contributed by atoms with E-state index in [2.05, 4.69) is 0 Å². The molecule has 1 rings (SSSR count). The lowest BCUT2D eigenvalue weighted by atomic mass is 10.0. The summed E-state index contributed by atoms with van der Waals surface area (Å²) in [6.45, 7) is -0.0106. The van der Waals surface area contributed by atoms with Gasteiger partial charge < -0.3 is 20.1 Å². The lowest BCUT2D eigenvalue weighted by molar-refractivity contribution is -0.122. The number of ether oxygens (including phenoxy) is 1. The maximum atomic E-state index is 9.30. The van der Waals surface area contributed by atoms with Crippen molar-refractivity contribution in [3.63, 3.8) is 0 Å². The summed E-state index contributed by atoms with van der Waals surface area (Å²) in [5, 5.41) is 27.1. The number of alkyl halides is 1. The van der Waals surface area contributed by atoms with E-state index in [0.29, 0.717) is 0 Å². The molecule has 4 atom stereocenters. The van der Waals surface area contributed by atoms with Gasteiger partial charge in [0.1, 0.15) is 6.10 Å². The van der Waals surface area contributed by atoms with E-state index in [4.69, 9.17) is 14.9 Å². The van der Waals surface area contributed by atoms with Crippen LogP contribution in [0.4, 0.5) is 0 Å². The van der Waals surface area contributed by atoms with Crippen molar-refractivity contribution in [2.45, 2.75) is 22.2 Å². The third-order valence-electron chi connectivity index (χ3n) is 1.74. The molecule has 1 saturated heterocycles. The summed E-state index contributed by atoms with van der Waals surface area (Å²) in [4.78, 5) is 0. The lowest BCUT2D eigenvalue weighted by Gasteiger charge is -2.34. The lowest BCUT2D eigenvalue weighted by Crippen LogP contribution is -2.51. The van der Waals surface area contributed by atoms with E-state index in [1.54, 1.807) is 0 Å². The van der Waals surface area contributed by atoms with Gasteiger partial charge in [-0.3, -0.25) is 0 Å². The van der Waals surface area contributed by atoms with E-state index in [1.807, 2.05) is 22.6 Å². The zero-order valence-corrected chi connectivity index (χ0v) is 8.01. The Bertz CT molecular complexity index is 130. The maximum Gasteiger partial charge on any atom is 0.104 e. The molecular weight excluding hydrogens is 263 g/mol. The molecule has 0 aromatic heterocycles. The van der Waals surface area contributed by atoms with Gasteiger partial charge >= 0.3 is 0 Å². The summed E-state index contributed by atoms with van der Waals surface area (Å²) >= 11 is 1.97. The highest BCUT2D eigenvalue weighted by atomic mass is 127. The fraction of sp³-hybridized carbons (Fsp3) is 1.00. The SMILES string of the molecule is OC[C@H]1OC[C@@H](O)[C@@H](O)[C@@H]1I. The first kappa shape index (κ1) is 9.66. The first-order valence-electron chi connectivity index (χ1n) is 3.39. The molecule has 0 aliphatic carbocycles. The Morgan fingerprint density at radius 2 is 2.09 bits per heavy atom. The van der Waals surface area contributed by atoms with E-state index in [1.165, 1.54) is 0 Å². The van der Waals surface area contributed by atoms with E-state index in [9.17, 15) is 5.11 Å². The summed E-state index contributed by atoms with van der Waals surface area (Å²) in [5.41, 5.74) is 0. The van der Waals surface area contributed by atoms with Crippen LogP contribution in [0.2, 0.25) is 0 Å². The molecule has 0 bridgehead atoms. The molecule has 11 heavy (non-hydrogen) atoms. The molecule has 1 aliphatic heterocycles. The van der Waals surface area contributed by atoms with Crippen LogP contribution in [-0.2, 0) is 4.74 Å². The van der Waals surface area contributed by atoms with Crippen molar-refractivity contribution < 1.29 is 20.1 Å². The van der Waals surface area contributed by atoms with Gasteiger partial charge in [-0.25, -0.2) is 0 Å². The number of hydrogen-bond donors (Lipinski definition) is 3. The Labute approximate surface area is 78.3 Å². The van der Waals surface area contributed by atoms with Crippen molar-refractivity contribution in [1.29, 1.82) is 0 Å². The molecule has 0 amide bonds. The van der Waals surface area contributed by atoms with Crippen LogP contribution < -0.4 is 0 Å². The summed E-state index contributed by atoms with van der Waals surface area (Å²) in [5.74, 6) is 0. The fourth-order valence-electron chi connectivity index (χ4n) is 0.998. The third kappa shape index (κ3) is 2.03. The molecule has 66 valence electrons. The van der Waals surface area contributed by atoms with Gasteiger partial charge in [-0.1, -0.05) is 22.6 Å². The molecule has 5 heteroatoms. The molecule has 0 radical (unpaired) electrons. The Morgan fingerprint density at radius 1 is 1.45 bits per heavy atom. The Morgan fingerprint density at radius 3 is 2.64 bits per heavy atom. The Kier molecular flexibility index (Phi) is 3.51. The van der Waals surface area contributed by atoms with Crippen LogP contribution in [0.25, 0.3) is 0 Å². The fourth-order valence-corrected chi connectivity index (χ4v) is 1.91. The molecule has 4 nitrogen and oxygen atoms in total. The van der Waals surface area contributed by atoms with Crippen molar-refractivity contribution in [2.24, 2.45) is 0 Å². The second-order valence-electron chi connectivity index (χ2n) is 2.56. The minimum absolute atomic E-state index is 0.103. The van der Waals surface area contributed by atoms with Crippen LogP contribution >= 0.6 is 22.6 Å². The number of rotatable bonds is 1. The van der Waals surface area contributed by atoms with Gasteiger partial charge in [0, 0.05) is 0 Å². The van der Waals surface area contributed by atoms with Gasteiger partial charge in [0.25, 0.3) is 0 Å². The van der Waals surface area contributed by atoms with Crippen LogP contribution in [0.15, 0.2) is 0 Å². The standard InChI is InChI=1S/C6H11IO4/c7-5-4(1-8)11-2-3(9)6(5)10/h3-6,8-10H,1-2H2/t3-,4-,5-,6-/m1/s1. The predicted octanol–water partition coefficient (Wildman–Crippen LogP) is -1.10. The average molecular weight is 274 g/mol. The topological polar surface area (TPSA) is 69.9 Å². The molecule has 0 aromatic rings. The van der Waals surface area contributed by atoms with Gasteiger partial charge in [-0.15, -0.1) is 0 Å². The number of halogens is 1. The molecular formula is C6H11IO4. The smallest absolute Gasteiger partial charge is 0.104 e. The van der Waals surface area contributed by atoms with E-state index < -0.39 is 12.2 Å². The van der Waals surface area contributed by atoms with E-state index in [0.717, 1.165) is 0 Å². The van der Waals surface area contributed by atoms with Crippen LogP contribution in [0.3, 0.4) is 0 Å². The van der Waals surface area contributed by atoms with Crippen molar-refractivity contribution in [2.75, 3.05) is 13.2 Å². The van der Waals surface area contributed by atoms with Gasteiger partial charge in [0.05, 0.1) is 29.3 Å². The summed E-state index contributed by atoms with van der Waals surface area (Å²) in [6, 6.07) is 0.